The van der Waals surface area contributed by atoms with Crippen LogP contribution in [-0.2, 0) is 0 Å². The molecule has 3 N–H and O–H groups in total. The highest BCUT2D eigenvalue weighted by Gasteiger charge is 2.42. The van der Waals surface area contributed by atoms with Crippen molar-refractivity contribution >= 4 is 0 Å². The first-order valence-corrected chi connectivity index (χ1v) is 5.81. The van der Waals surface area contributed by atoms with Crippen LogP contribution in [-0.4, -0.2) is 6.04 Å². The van der Waals surface area contributed by atoms with Gasteiger partial charge in [-0.3, -0.25) is 11.3 Å². The van der Waals surface area contributed by atoms with Crippen molar-refractivity contribution in [3.05, 3.63) is 35.9 Å². The van der Waals surface area contributed by atoms with Gasteiger partial charge in [-0.25, -0.2) is 0 Å². The predicted octanol–water partition coefficient (Wildman–Crippen LogP) is 2.04. The normalized spacial score (nSPS) is 24.8. The molecule has 3 unspecified atom stereocenters. The Morgan fingerprint density at radius 2 is 2.19 bits per heavy atom. The van der Waals surface area contributed by atoms with Crippen molar-refractivity contribution in [2.24, 2.45) is 11.8 Å². The highest BCUT2D eigenvalue weighted by Crippen LogP contribution is 2.50. The second kappa shape index (κ2) is 5.16. The summed E-state index contributed by atoms with van der Waals surface area (Å²) in [5.41, 5.74) is 4.33. The van der Waals surface area contributed by atoms with Crippen LogP contribution in [0.5, 0.6) is 0 Å². The van der Waals surface area contributed by atoms with E-state index in [0.717, 1.165) is 12.8 Å². The summed E-state index contributed by atoms with van der Waals surface area (Å²) >= 11 is 0. The minimum absolute atomic E-state index is 0.362. The summed E-state index contributed by atoms with van der Waals surface area (Å²) in [7, 11) is 0. The van der Waals surface area contributed by atoms with Crippen LogP contribution in [0.15, 0.2) is 30.3 Å². The molecule has 0 bridgehead atoms. The molecule has 0 spiro atoms. The van der Waals surface area contributed by atoms with Gasteiger partial charge in [-0.15, -0.1) is 12.3 Å². The third-order valence-electron chi connectivity index (χ3n) is 3.40. The van der Waals surface area contributed by atoms with E-state index in [4.69, 9.17) is 12.3 Å². The van der Waals surface area contributed by atoms with E-state index in [0.29, 0.717) is 17.9 Å². The van der Waals surface area contributed by atoms with Crippen LogP contribution in [0.1, 0.15) is 30.7 Å². The van der Waals surface area contributed by atoms with E-state index in [-0.39, 0.29) is 0 Å². The van der Waals surface area contributed by atoms with Gasteiger partial charge in [0, 0.05) is 12.5 Å². The summed E-state index contributed by atoms with van der Waals surface area (Å²) in [6, 6.07) is 11.0. The lowest BCUT2D eigenvalue weighted by Crippen LogP contribution is -2.37. The highest BCUT2D eigenvalue weighted by molar-refractivity contribution is 5.26. The molecular formula is C14H18N2. The standard InChI is InChI=1S/C14H18N2/c1-2-3-9-14(16-15)13-10-12(13)11-7-5-4-6-8-11/h1,4-8,12-14,16H,3,9-10,15H2. The molecule has 0 aliphatic heterocycles. The molecule has 1 aromatic rings. The molecule has 1 saturated carbocycles. The summed E-state index contributed by atoms with van der Waals surface area (Å²) in [6.45, 7) is 0. The number of benzene rings is 1. The summed E-state index contributed by atoms with van der Waals surface area (Å²) in [4.78, 5) is 0. The topological polar surface area (TPSA) is 38.0 Å². The quantitative estimate of drug-likeness (QED) is 0.447. The van der Waals surface area contributed by atoms with Gasteiger partial charge in [0.2, 0.25) is 0 Å². The third kappa shape index (κ3) is 2.44. The number of nitrogens with one attached hydrogen (secondary N) is 1. The minimum atomic E-state index is 0.362. The number of hydrogen-bond donors (Lipinski definition) is 2. The van der Waals surface area contributed by atoms with Crippen LogP contribution in [0.25, 0.3) is 0 Å². The molecule has 2 heteroatoms. The van der Waals surface area contributed by atoms with Gasteiger partial charge in [0.15, 0.2) is 0 Å². The second-order valence-electron chi connectivity index (χ2n) is 4.43. The fourth-order valence-corrected chi connectivity index (χ4v) is 2.40. The first-order chi connectivity index (χ1) is 7.86. The average molecular weight is 214 g/mol. The highest BCUT2D eigenvalue weighted by atomic mass is 15.2. The number of hydrogen-bond acceptors (Lipinski definition) is 2. The molecule has 2 nitrogen and oxygen atoms in total. The summed E-state index contributed by atoms with van der Waals surface area (Å²) in [5, 5.41) is 0. The number of hydrazine groups is 1. The van der Waals surface area contributed by atoms with Crippen molar-refractivity contribution in [1.29, 1.82) is 0 Å². The van der Waals surface area contributed by atoms with Crippen molar-refractivity contribution in [2.75, 3.05) is 0 Å². The molecule has 0 heterocycles. The Kier molecular flexibility index (Phi) is 3.61. The lowest BCUT2D eigenvalue weighted by Gasteiger charge is -2.14. The SMILES string of the molecule is C#CCCC(NN)C1CC1c1ccccc1. The van der Waals surface area contributed by atoms with Crippen molar-refractivity contribution in [3.63, 3.8) is 0 Å². The molecule has 1 aliphatic rings. The third-order valence-corrected chi connectivity index (χ3v) is 3.40. The Labute approximate surface area is 97.2 Å². The molecule has 1 aromatic carbocycles. The maximum absolute atomic E-state index is 5.58. The molecule has 1 aliphatic carbocycles. The number of rotatable bonds is 5. The molecule has 1 fully saturated rings. The van der Waals surface area contributed by atoms with Crippen molar-refractivity contribution in [3.8, 4) is 12.3 Å². The first-order valence-electron chi connectivity index (χ1n) is 5.81. The van der Waals surface area contributed by atoms with Crippen LogP contribution in [0.3, 0.4) is 0 Å². The van der Waals surface area contributed by atoms with Gasteiger partial charge in [-0.05, 0) is 30.2 Å². The van der Waals surface area contributed by atoms with Crippen LogP contribution in [0.4, 0.5) is 0 Å². The van der Waals surface area contributed by atoms with Gasteiger partial charge in [-0.2, -0.15) is 0 Å². The van der Waals surface area contributed by atoms with Crippen molar-refractivity contribution in [1.82, 2.24) is 5.43 Å². The van der Waals surface area contributed by atoms with E-state index >= 15 is 0 Å². The van der Waals surface area contributed by atoms with E-state index < -0.39 is 0 Å². The zero-order valence-corrected chi connectivity index (χ0v) is 9.39. The van der Waals surface area contributed by atoms with E-state index in [1.165, 1.54) is 12.0 Å². The van der Waals surface area contributed by atoms with Crippen LogP contribution >= 0.6 is 0 Å². The maximum Gasteiger partial charge on any atom is 0.0253 e. The zero-order chi connectivity index (χ0) is 11.4. The lowest BCUT2D eigenvalue weighted by atomic mass is 10.0. The van der Waals surface area contributed by atoms with Gasteiger partial charge in [0.05, 0.1) is 0 Å². The molecule has 3 atom stereocenters. The monoisotopic (exact) mass is 214 g/mol. The molecule has 84 valence electrons. The minimum Gasteiger partial charge on any atom is -0.271 e. The Bertz CT molecular complexity index is 366. The number of nitrogens with two attached hydrogens (primary N) is 1. The van der Waals surface area contributed by atoms with Gasteiger partial charge in [-0.1, -0.05) is 30.3 Å². The number of terminal acetylenes is 1. The van der Waals surface area contributed by atoms with Crippen LogP contribution < -0.4 is 11.3 Å². The van der Waals surface area contributed by atoms with Gasteiger partial charge in [0.1, 0.15) is 0 Å². The summed E-state index contributed by atoms with van der Waals surface area (Å²) in [5.74, 6) is 9.57. The molecule has 0 amide bonds. The fourth-order valence-electron chi connectivity index (χ4n) is 2.40. The smallest absolute Gasteiger partial charge is 0.0253 e. The molecule has 0 aromatic heterocycles. The van der Waals surface area contributed by atoms with E-state index in [9.17, 15) is 0 Å². The summed E-state index contributed by atoms with van der Waals surface area (Å²) in [6.07, 6.45) is 8.28. The Morgan fingerprint density at radius 3 is 2.81 bits per heavy atom. The average Bonchev–Trinajstić information content (AvgIpc) is 3.12. The van der Waals surface area contributed by atoms with Crippen molar-refractivity contribution < 1.29 is 0 Å². The molecular weight excluding hydrogens is 196 g/mol. The van der Waals surface area contributed by atoms with E-state index in [2.05, 4.69) is 41.7 Å². The van der Waals surface area contributed by atoms with Crippen LogP contribution in [0.2, 0.25) is 0 Å². The molecule has 0 saturated heterocycles. The lowest BCUT2D eigenvalue weighted by molar-refractivity contribution is 0.444. The molecule has 0 radical (unpaired) electrons. The zero-order valence-electron chi connectivity index (χ0n) is 9.39. The van der Waals surface area contributed by atoms with E-state index in [1.807, 2.05) is 0 Å². The second-order valence-corrected chi connectivity index (χ2v) is 4.43. The Morgan fingerprint density at radius 1 is 1.44 bits per heavy atom. The van der Waals surface area contributed by atoms with Crippen LogP contribution in [0, 0.1) is 18.3 Å². The Balaban J connectivity index is 1.92. The largest absolute Gasteiger partial charge is 0.271 e. The Hall–Kier alpha value is -1.30. The van der Waals surface area contributed by atoms with Crippen molar-refractivity contribution in [2.45, 2.75) is 31.2 Å². The van der Waals surface area contributed by atoms with Gasteiger partial charge >= 0.3 is 0 Å². The van der Waals surface area contributed by atoms with Gasteiger partial charge in [0.25, 0.3) is 0 Å². The fraction of sp³-hybridized carbons (Fsp3) is 0.429. The predicted molar refractivity (Wildman–Crippen MR) is 66.5 cm³/mol. The maximum atomic E-state index is 5.58. The van der Waals surface area contributed by atoms with E-state index in [1.54, 1.807) is 0 Å². The first kappa shape index (κ1) is 11.2. The van der Waals surface area contributed by atoms with Gasteiger partial charge < -0.3 is 0 Å². The summed E-state index contributed by atoms with van der Waals surface area (Å²) < 4.78 is 0. The molecule has 16 heavy (non-hydrogen) atoms. The molecule has 2 rings (SSSR count).